The molecule has 7 nitrogen and oxygen atoms in total. The summed E-state index contributed by atoms with van der Waals surface area (Å²) in [6.07, 6.45) is 1.74. The Morgan fingerprint density at radius 2 is 1.80 bits per heavy atom. The highest BCUT2D eigenvalue weighted by Gasteiger charge is 2.21. The second-order valence-corrected chi connectivity index (χ2v) is 8.47. The molecule has 176 valence electrons. The number of aromatic carboxylic acids is 1. The number of carbonyl (C=O) groups is 1. The average Bonchev–Trinajstić information content (AvgIpc) is 3.31. The van der Waals surface area contributed by atoms with Crippen molar-refractivity contribution in [3.8, 4) is 28.5 Å². The summed E-state index contributed by atoms with van der Waals surface area (Å²) < 4.78 is 25.3. The van der Waals surface area contributed by atoms with Gasteiger partial charge >= 0.3 is 5.97 Å². The Morgan fingerprint density at radius 3 is 2.49 bits per heavy atom. The molecule has 0 saturated heterocycles. The van der Waals surface area contributed by atoms with Gasteiger partial charge < -0.3 is 14.6 Å². The van der Waals surface area contributed by atoms with Gasteiger partial charge in [-0.2, -0.15) is 5.10 Å². The van der Waals surface area contributed by atoms with Crippen molar-refractivity contribution in [1.82, 2.24) is 15.2 Å². The van der Waals surface area contributed by atoms with Crippen LogP contribution >= 0.6 is 0 Å². The highest BCUT2D eigenvalue weighted by molar-refractivity contribution is 6.06. The van der Waals surface area contributed by atoms with Crippen LogP contribution < -0.4 is 9.47 Å². The number of carboxylic acid groups (broad SMARTS) is 1. The molecule has 5 aromatic rings. The first-order chi connectivity index (χ1) is 16.9. The lowest BCUT2D eigenvalue weighted by Gasteiger charge is -2.19. The maximum atomic E-state index is 13.7. The number of H-pyrrole nitrogens is 1. The van der Waals surface area contributed by atoms with E-state index in [1.165, 1.54) is 31.4 Å². The minimum absolute atomic E-state index is 0.0260. The fourth-order valence-electron chi connectivity index (χ4n) is 4.14. The number of carboxylic acids is 1. The van der Waals surface area contributed by atoms with Crippen LogP contribution in [0, 0.1) is 5.82 Å². The highest BCUT2D eigenvalue weighted by atomic mass is 19.1. The van der Waals surface area contributed by atoms with E-state index < -0.39 is 5.97 Å². The van der Waals surface area contributed by atoms with E-state index in [0.29, 0.717) is 11.6 Å². The molecule has 2 heterocycles. The topological polar surface area (TPSA) is 97.3 Å². The first-order valence-electron chi connectivity index (χ1n) is 11.0. The molecule has 0 saturated carbocycles. The first-order valence-corrected chi connectivity index (χ1v) is 11.0. The largest absolute Gasteiger partial charge is 0.493 e. The van der Waals surface area contributed by atoms with Crippen LogP contribution in [0.2, 0.25) is 0 Å². The van der Waals surface area contributed by atoms with Gasteiger partial charge in [0.05, 0.1) is 30.1 Å². The Morgan fingerprint density at radius 1 is 1.03 bits per heavy atom. The molecule has 0 amide bonds. The van der Waals surface area contributed by atoms with Crippen LogP contribution in [0.4, 0.5) is 4.39 Å². The third kappa shape index (κ3) is 4.03. The lowest BCUT2D eigenvalue weighted by molar-refractivity contribution is 0.0696. The van der Waals surface area contributed by atoms with Crippen LogP contribution in [0.25, 0.3) is 32.8 Å². The standard InChI is InChI=1S/C27H22FN3O4/c1-14(2)25-24(15-4-7-18(28)8-5-15)19-10-17-13-29-31-21(17)12-20(19)26(30-25)35-22-9-6-16(27(32)33)11-23(22)34-3/h4-14H,1-3H3,(H,29,31)(H,32,33). The van der Waals surface area contributed by atoms with Crippen molar-refractivity contribution < 1.29 is 23.8 Å². The number of aromatic nitrogens is 3. The van der Waals surface area contributed by atoms with Crippen LogP contribution in [0.15, 0.2) is 60.8 Å². The fraction of sp³-hybridized carbons (Fsp3) is 0.148. The molecule has 35 heavy (non-hydrogen) atoms. The predicted octanol–water partition coefficient (Wildman–Crippen LogP) is 6.54. The summed E-state index contributed by atoms with van der Waals surface area (Å²) in [5.41, 5.74) is 3.40. The zero-order valence-electron chi connectivity index (χ0n) is 19.3. The van der Waals surface area contributed by atoms with Gasteiger partial charge in [-0.05, 0) is 59.3 Å². The van der Waals surface area contributed by atoms with E-state index in [2.05, 4.69) is 10.2 Å². The molecule has 2 N–H and O–H groups in total. The summed E-state index contributed by atoms with van der Waals surface area (Å²) in [5, 5.41) is 19.0. The lowest BCUT2D eigenvalue weighted by Crippen LogP contribution is -2.03. The van der Waals surface area contributed by atoms with Crippen LogP contribution in [0.1, 0.15) is 35.8 Å². The summed E-state index contributed by atoms with van der Waals surface area (Å²) >= 11 is 0. The Labute approximate surface area is 200 Å². The molecule has 0 radical (unpaired) electrons. The van der Waals surface area contributed by atoms with Crippen LogP contribution in [0.3, 0.4) is 0 Å². The number of fused-ring (bicyclic) bond motifs is 2. The molecule has 0 atom stereocenters. The van der Waals surface area contributed by atoms with Gasteiger partial charge in [-0.3, -0.25) is 5.10 Å². The van der Waals surface area contributed by atoms with Crippen molar-refractivity contribution in [1.29, 1.82) is 0 Å². The normalized spacial score (nSPS) is 11.3. The van der Waals surface area contributed by atoms with Crippen LogP contribution in [0.5, 0.6) is 17.4 Å². The number of hydrogen-bond donors (Lipinski definition) is 2. The highest BCUT2D eigenvalue weighted by Crippen LogP contribution is 2.42. The SMILES string of the molecule is COc1cc(C(=O)O)ccc1Oc1nc(C(C)C)c(-c2ccc(F)cc2)c2cc3cn[nH]c3cc12. The second-order valence-electron chi connectivity index (χ2n) is 8.47. The van der Waals surface area contributed by atoms with E-state index in [1.54, 1.807) is 24.4 Å². The number of methoxy groups -OCH3 is 1. The lowest BCUT2D eigenvalue weighted by atomic mass is 9.92. The third-order valence-corrected chi connectivity index (χ3v) is 5.85. The Bertz CT molecular complexity index is 1580. The zero-order chi connectivity index (χ0) is 24.7. The second kappa shape index (κ2) is 8.72. The monoisotopic (exact) mass is 471 g/mol. The van der Waals surface area contributed by atoms with Crippen molar-refractivity contribution >= 4 is 27.6 Å². The molecule has 0 bridgehead atoms. The number of pyridine rings is 1. The summed E-state index contributed by atoms with van der Waals surface area (Å²) in [6, 6.07) is 14.7. The Balaban J connectivity index is 1.78. The molecule has 0 fully saturated rings. The van der Waals surface area contributed by atoms with Crippen LogP contribution in [-0.2, 0) is 0 Å². The summed E-state index contributed by atoms with van der Waals surface area (Å²) in [7, 11) is 1.45. The number of hydrogen-bond acceptors (Lipinski definition) is 5. The smallest absolute Gasteiger partial charge is 0.335 e. The van der Waals surface area contributed by atoms with Gasteiger partial charge in [0, 0.05) is 16.3 Å². The molecule has 0 aliphatic carbocycles. The van der Waals surface area contributed by atoms with E-state index in [1.807, 2.05) is 26.0 Å². The van der Waals surface area contributed by atoms with Crippen molar-refractivity contribution in [2.24, 2.45) is 0 Å². The minimum Gasteiger partial charge on any atom is -0.493 e. The average molecular weight is 471 g/mol. The summed E-state index contributed by atoms with van der Waals surface area (Å²) in [6.45, 7) is 4.06. The fourth-order valence-corrected chi connectivity index (χ4v) is 4.14. The van der Waals surface area contributed by atoms with Crippen molar-refractivity contribution in [2.75, 3.05) is 7.11 Å². The molecular weight excluding hydrogens is 449 g/mol. The molecule has 0 unspecified atom stereocenters. The van der Waals surface area contributed by atoms with Crippen molar-refractivity contribution in [2.45, 2.75) is 19.8 Å². The van der Waals surface area contributed by atoms with Gasteiger partial charge in [-0.25, -0.2) is 14.2 Å². The van der Waals surface area contributed by atoms with Crippen molar-refractivity contribution in [3.63, 3.8) is 0 Å². The number of benzene rings is 3. The molecule has 3 aromatic carbocycles. The first kappa shape index (κ1) is 22.3. The van der Waals surface area contributed by atoms with Gasteiger partial charge in [0.25, 0.3) is 0 Å². The zero-order valence-corrected chi connectivity index (χ0v) is 19.3. The molecule has 0 aliphatic rings. The molecular formula is C27H22FN3O4. The van der Waals surface area contributed by atoms with Crippen molar-refractivity contribution in [3.05, 3.63) is 77.9 Å². The van der Waals surface area contributed by atoms with E-state index in [4.69, 9.17) is 14.5 Å². The number of rotatable bonds is 6. The summed E-state index contributed by atoms with van der Waals surface area (Å²) in [4.78, 5) is 16.3. The number of nitrogens with one attached hydrogen (secondary N) is 1. The van der Waals surface area contributed by atoms with Crippen LogP contribution in [-0.4, -0.2) is 33.4 Å². The third-order valence-electron chi connectivity index (χ3n) is 5.85. The van der Waals surface area contributed by atoms with E-state index in [0.717, 1.165) is 38.5 Å². The number of ether oxygens (including phenoxy) is 2. The predicted molar refractivity (Wildman–Crippen MR) is 131 cm³/mol. The van der Waals surface area contributed by atoms with E-state index in [9.17, 15) is 14.3 Å². The van der Waals surface area contributed by atoms with E-state index in [-0.39, 0.29) is 23.0 Å². The van der Waals surface area contributed by atoms with Gasteiger partial charge in [0.1, 0.15) is 5.82 Å². The molecule has 0 spiro atoms. The van der Waals surface area contributed by atoms with Gasteiger partial charge in [-0.15, -0.1) is 0 Å². The number of aromatic amines is 1. The van der Waals surface area contributed by atoms with Gasteiger partial charge in [-0.1, -0.05) is 26.0 Å². The number of halogens is 1. The minimum atomic E-state index is -1.06. The molecule has 0 aliphatic heterocycles. The Kier molecular flexibility index (Phi) is 5.56. The van der Waals surface area contributed by atoms with Gasteiger partial charge in [0.15, 0.2) is 11.5 Å². The molecule has 5 rings (SSSR count). The number of nitrogens with zero attached hydrogens (tertiary/aromatic N) is 2. The maximum Gasteiger partial charge on any atom is 0.335 e. The Hall–Kier alpha value is -4.46. The quantitative estimate of drug-likeness (QED) is 0.292. The maximum absolute atomic E-state index is 13.7. The van der Waals surface area contributed by atoms with Gasteiger partial charge in [0.2, 0.25) is 5.88 Å². The summed E-state index contributed by atoms with van der Waals surface area (Å²) in [5.74, 6) is -0.404. The molecule has 8 heteroatoms. The molecule has 2 aromatic heterocycles. The van der Waals surface area contributed by atoms with E-state index >= 15 is 0 Å².